The molecule has 0 aromatic heterocycles. The van der Waals surface area contributed by atoms with Crippen LogP contribution in [0.4, 0.5) is 4.79 Å². The highest BCUT2D eigenvalue weighted by atomic mass is 16.6. The zero-order chi connectivity index (χ0) is 24.6. The van der Waals surface area contributed by atoms with Gasteiger partial charge in [-0.3, -0.25) is 9.59 Å². The minimum atomic E-state index is -1.00. The first kappa shape index (κ1) is 26.5. The number of hydrogen-bond donors (Lipinski definition) is 3. The number of carbonyl (C=O) groups is 3. The molecule has 0 radical (unpaired) electrons. The number of nitrogens with one attached hydrogen (secondary N) is 2. The topological polar surface area (TPSA) is 108 Å². The molecular formula is C25H39N3O5. The Bertz CT molecular complexity index is 828. The summed E-state index contributed by atoms with van der Waals surface area (Å²) >= 11 is 0. The van der Waals surface area contributed by atoms with Crippen LogP contribution in [0.5, 0.6) is 5.75 Å². The maximum atomic E-state index is 13.5. The van der Waals surface area contributed by atoms with Crippen molar-refractivity contribution in [2.45, 2.75) is 90.8 Å². The lowest BCUT2D eigenvalue weighted by molar-refractivity contribution is -0.140. The molecule has 2 rings (SSSR count). The lowest BCUT2D eigenvalue weighted by Gasteiger charge is -2.34. The third-order valence-corrected chi connectivity index (χ3v) is 5.64. The fourth-order valence-corrected chi connectivity index (χ4v) is 4.08. The maximum Gasteiger partial charge on any atom is 0.408 e. The molecule has 0 heterocycles. The Labute approximate surface area is 197 Å². The second-order valence-electron chi connectivity index (χ2n) is 9.70. The summed E-state index contributed by atoms with van der Waals surface area (Å²) in [6.07, 6.45) is 4.99. The number of amides is 3. The average Bonchev–Trinajstić information content (AvgIpc) is 2.74. The molecule has 33 heavy (non-hydrogen) atoms. The number of benzene rings is 1. The van der Waals surface area contributed by atoms with Gasteiger partial charge in [0.25, 0.3) is 0 Å². The van der Waals surface area contributed by atoms with Crippen molar-refractivity contribution < 1.29 is 24.2 Å². The molecule has 1 aliphatic rings. The second kappa shape index (κ2) is 11.9. The minimum Gasteiger partial charge on any atom is -0.507 e. The number of hydrogen-bond acceptors (Lipinski definition) is 5. The van der Waals surface area contributed by atoms with E-state index in [9.17, 15) is 19.5 Å². The average molecular weight is 462 g/mol. The van der Waals surface area contributed by atoms with Gasteiger partial charge in [0.05, 0.1) is 0 Å². The molecule has 0 bridgehead atoms. The maximum absolute atomic E-state index is 13.5. The van der Waals surface area contributed by atoms with Crippen molar-refractivity contribution in [3.05, 3.63) is 29.3 Å². The van der Waals surface area contributed by atoms with Gasteiger partial charge in [0.1, 0.15) is 23.9 Å². The Morgan fingerprint density at radius 1 is 1.18 bits per heavy atom. The molecule has 8 nitrogen and oxygen atoms in total. The molecule has 0 saturated heterocycles. The van der Waals surface area contributed by atoms with Crippen LogP contribution in [0.25, 0.3) is 0 Å². The van der Waals surface area contributed by atoms with Crippen molar-refractivity contribution in [3.8, 4) is 5.75 Å². The molecule has 0 spiro atoms. The number of aryl methyl sites for hydroxylation is 1. The van der Waals surface area contributed by atoms with Crippen LogP contribution in [0.2, 0.25) is 0 Å². The first-order valence-corrected chi connectivity index (χ1v) is 11.9. The summed E-state index contributed by atoms with van der Waals surface area (Å²) in [6, 6.07) is 4.24. The van der Waals surface area contributed by atoms with Gasteiger partial charge in [0.15, 0.2) is 0 Å². The molecule has 1 aromatic rings. The quantitative estimate of drug-likeness (QED) is 0.543. The van der Waals surface area contributed by atoms with E-state index in [1.54, 1.807) is 45.9 Å². The Kier molecular flexibility index (Phi) is 9.56. The summed E-state index contributed by atoms with van der Waals surface area (Å²) in [6.45, 7) is 8.87. The van der Waals surface area contributed by atoms with E-state index in [1.165, 1.54) is 4.90 Å². The smallest absolute Gasteiger partial charge is 0.408 e. The van der Waals surface area contributed by atoms with Crippen molar-refractivity contribution in [3.63, 3.8) is 0 Å². The Hall–Kier alpha value is -2.77. The van der Waals surface area contributed by atoms with E-state index in [0.717, 1.165) is 32.1 Å². The molecule has 184 valence electrons. The third-order valence-electron chi connectivity index (χ3n) is 5.64. The van der Waals surface area contributed by atoms with Crippen LogP contribution in [0.1, 0.15) is 83.4 Å². The lowest BCUT2D eigenvalue weighted by Crippen LogP contribution is -2.50. The third kappa shape index (κ3) is 7.94. The number of rotatable bonds is 8. The van der Waals surface area contributed by atoms with Crippen molar-refractivity contribution >= 4 is 17.9 Å². The van der Waals surface area contributed by atoms with E-state index in [2.05, 4.69) is 10.6 Å². The highest BCUT2D eigenvalue weighted by molar-refractivity contribution is 5.91. The van der Waals surface area contributed by atoms with Crippen molar-refractivity contribution in [1.82, 2.24) is 15.5 Å². The summed E-state index contributed by atoms with van der Waals surface area (Å²) < 4.78 is 5.22. The standard InChI is InChI=1S/C25H39N3O5/c1-6-15-28(20(29)16-26-24(32)33-25(3,4)5)21(19-14-10-11-17(2)22(19)30)23(31)27-18-12-8-7-9-13-18/h10-11,14,18,21,30H,6-9,12-13,15-16H2,1-5H3,(H,26,32)(H,27,31). The van der Waals surface area contributed by atoms with Crippen LogP contribution in [-0.4, -0.2) is 52.6 Å². The molecule has 1 aliphatic carbocycles. The van der Waals surface area contributed by atoms with Crippen LogP contribution in [0, 0.1) is 6.92 Å². The Morgan fingerprint density at radius 2 is 1.85 bits per heavy atom. The van der Waals surface area contributed by atoms with Gasteiger partial charge < -0.3 is 25.4 Å². The van der Waals surface area contributed by atoms with Gasteiger partial charge in [0.2, 0.25) is 11.8 Å². The number of carbonyl (C=O) groups excluding carboxylic acids is 3. The summed E-state index contributed by atoms with van der Waals surface area (Å²) in [4.78, 5) is 40.2. The summed E-state index contributed by atoms with van der Waals surface area (Å²) in [5.41, 5.74) is 0.313. The molecule has 8 heteroatoms. The summed E-state index contributed by atoms with van der Waals surface area (Å²) in [7, 11) is 0. The first-order valence-electron chi connectivity index (χ1n) is 11.9. The fraction of sp³-hybridized carbons (Fsp3) is 0.640. The van der Waals surface area contributed by atoms with Gasteiger partial charge in [-0.05, 0) is 52.5 Å². The van der Waals surface area contributed by atoms with E-state index in [4.69, 9.17) is 4.74 Å². The molecule has 1 aromatic carbocycles. The van der Waals surface area contributed by atoms with Crippen LogP contribution < -0.4 is 10.6 Å². The van der Waals surface area contributed by atoms with E-state index >= 15 is 0 Å². The first-order chi connectivity index (χ1) is 15.5. The van der Waals surface area contributed by atoms with Gasteiger partial charge in [-0.1, -0.05) is 44.4 Å². The lowest BCUT2D eigenvalue weighted by atomic mass is 9.94. The number of para-hydroxylation sites is 1. The van der Waals surface area contributed by atoms with Gasteiger partial charge in [0, 0.05) is 18.2 Å². The zero-order valence-corrected chi connectivity index (χ0v) is 20.6. The number of nitrogens with zero attached hydrogens (tertiary/aromatic N) is 1. The van der Waals surface area contributed by atoms with E-state index < -0.39 is 23.6 Å². The largest absolute Gasteiger partial charge is 0.507 e. The van der Waals surface area contributed by atoms with Crippen LogP contribution >= 0.6 is 0 Å². The Morgan fingerprint density at radius 3 is 2.45 bits per heavy atom. The molecule has 3 N–H and O–H groups in total. The fourth-order valence-electron chi connectivity index (χ4n) is 4.08. The summed E-state index contributed by atoms with van der Waals surface area (Å²) in [5.74, 6) is -0.746. The van der Waals surface area contributed by atoms with Crippen LogP contribution in [-0.2, 0) is 14.3 Å². The number of phenols is 1. The monoisotopic (exact) mass is 461 g/mol. The molecule has 3 amide bonds. The van der Waals surface area contributed by atoms with Crippen molar-refractivity contribution in [2.24, 2.45) is 0 Å². The van der Waals surface area contributed by atoms with Crippen molar-refractivity contribution in [1.29, 1.82) is 0 Å². The molecule has 1 fully saturated rings. The van der Waals surface area contributed by atoms with Crippen LogP contribution in [0.15, 0.2) is 18.2 Å². The van der Waals surface area contributed by atoms with Gasteiger partial charge in [-0.15, -0.1) is 0 Å². The van der Waals surface area contributed by atoms with Gasteiger partial charge >= 0.3 is 6.09 Å². The number of ether oxygens (including phenoxy) is 1. The Balaban J connectivity index is 2.29. The molecule has 1 saturated carbocycles. The number of aromatic hydroxyl groups is 1. The highest BCUT2D eigenvalue weighted by Gasteiger charge is 2.34. The normalized spacial score (nSPS) is 15.4. The van der Waals surface area contributed by atoms with Crippen LogP contribution in [0.3, 0.4) is 0 Å². The molecule has 1 unspecified atom stereocenters. The van der Waals surface area contributed by atoms with Gasteiger partial charge in [-0.2, -0.15) is 0 Å². The molecule has 0 aliphatic heterocycles. The zero-order valence-electron chi connectivity index (χ0n) is 20.6. The van der Waals surface area contributed by atoms with E-state index in [1.807, 2.05) is 6.92 Å². The summed E-state index contributed by atoms with van der Waals surface area (Å²) in [5, 5.41) is 16.3. The minimum absolute atomic E-state index is 0.00435. The van der Waals surface area contributed by atoms with E-state index in [-0.39, 0.29) is 24.2 Å². The number of phenolic OH excluding ortho intramolecular Hbond substituents is 1. The SMILES string of the molecule is CCCN(C(=O)CNC(=O)OC(C)(C)C)C(C(=O)NC1CCCCC1)c1cccc(C)c1O. The second-order valence-corrected chi connectivity index (χ2v) is 9.70. The highest BCUT2D eigenvalue weighted by Crippen LogP contribution is 2.32. The molecule has 1 atom stereocenters. The number of alkyl carbamates (subject to hydrolysis) is 1. The van der Waals surface area contributed by atoms with E-state index in [0.29, 0.717) is 24.1 Å². The predicted molar refractivity (Wildman–Crippen MR) is 127 cm³/mol. The predicted octanol–water partition coefficient (Wildman–Crippen LogP) is 3.95. The molecular weight excluding hydrogens is 422 g/mol. The van der Waals surface area contributed by atoms with Gasteiger partial charge in [-0.25, -0.2) is 4.79 Å². The van der Waals surface area contributed by atoms with Crippen molar-refractivity contribution in [2.75, 3.05) is 13.1 Å².